The first-order valence-electron chi connectivity index (χ1n) is 17.8. The van der Waals surface area contributed by atoms with Crippen LogP contribution in [0.5, 0.6) is 0 Å². The molecular weight excluding hydrogens is 634 g/mol. The highest BCUT2D eigenvalue weighted by Crippen LogP contribution is 2.65. The molecule has 1 unspecified atom stereocenters. The monoisotopic (exact) mass is 693 g/mol. The molecule has 1 heterocycles. The SMILES string of the molecule is CCC[C@H](NC(=O)[C@@H]1C2[C@H](CN1C(=O)[C@@H](NC(=O)NC1(CS(=O)(=O)C(C)(C)C)CCCCC1)C(C)(C)C)C2(C)C)C(=O)C(=O)NC1CC1. The molecule has 3 aliphatic carbocycles. The number of nitrogens with one attached hydrogen (secondary N) is 4. The standard InChI is InChI=1S/C35H59N5O7S/c1-10-14-23(26(41)29(43)36-21-15-16-21)37-28(42)25-24-22(34(24,8)9)19-40(25)30(44)27(32(2,3)4)38-31(45)39-35(17-12-11-13-18-35)20-48(46,47)33(5,6)7/h21-25,27H,10-20H2,1-9H3,(H,36,43)(H,37,42)(H2,38,39,45)/t22-,23-,24?,25-,27+/m0/s1. The Morgan fingerprint density at radius 1 is 0.917 bits per heavy atom. The van der Waals surface area contributed by atoms with E-state index in [1.165, 1.54) is 4.90 Å². The van der Waals surface area contributed by atoms with Crippen molar-refractivity contribution in [1.82, 2.24) is 26.2 Å². The summed E-state index contributed by atoms with van der Waals surface area (Å²) < 4.78 is 25.6. The summed E-state index contributed by atoms with van der Waals surface area (Å²) >= 11 is 0. The second-order valence-electron chi connectivity index (χ2n) is 17.5. The van der Waals surface area contributed by atoms with Gasteiger partial charge in [-0.2, -0.15) is 0 Å². The van der Waals surface area contributed by atoms with E-state index in [-0.39, 0.29) is 29.0 Å². The average Bonchev–Trinajstić information content (AvgIpc) is 3.81. The van der Waals surface area contributed by atoms with E-state index in [1.54, 1.807) is 20.8 Å². The molecule has 0 aromatic rings. The Balaban J connectivity index is 1.54. The molecule has 3 saturated carbocycles. The van der Waals surface area contributed by atoms with Crippen LogP contribution in [0.4, 0.5) is 4.79 Å². The average molecular weight is 694 g/mol. The van der Waals surface area contributed by atoms with Crippen LogP contribution in [0.3, 0.4) is 0 Å². The molecule has 4 N–H and O–H groups in total. The predicted molar refractivity (Wildman–Crippen MR) is 184 cm³/mol. The Labute approximate surface area is 287 Å². The zero-order valence-electron chi connectivity index (χ0n) is 30.5. The zero-order valence-corrected chi connectivity index (χ0v) is 31.3. The van der Waals surface area contributed by atoms with E-state index in [2.05, 4.69) is 35.1 Å². The number of likely N-dealkylation sites (tertiary alicyclic amines) is 1. The molecule has 0 aromatic heterocycles. The molecule has 0 aromatic carbocycles. The first kappa shape index (κ1) is 38.1. The van der Waals surface area contributed by atoms with Crippen molar-refractivity contribution in [3.8, 4) is 0 Å². The van der Waals surface area contributed by atoms with Crippen molar-refractivity contribution in [2.75, 3.05) is 12.3 Å². The summed E-state index contributed by atoms with van der Waals surface area (Å²) in [5.74, 6) is -2.53. The van der Waals surface area contributed by atoms with Gasteiger partial charge in [0.05, 0.1) is 22.1 Å². The van der Waals surface area contributed by atoms with Gasteiger partial charge in [0.25, 0.3) is 5.91 Å². The van der Waals surface area contributed by atoms with Gasteiger partial charge in [-0.05, 0) is 75.5 Å². The fraction of sp³-hybridized carbons (Fsp3) is 0.857. The molecule has 0 spiro atoms. The quantitative estimate of drug-likeness (QED) is 0.227. The smallest absolute Gasteiger partial charge is 0.315 e. The molecular formula is C35H59N5O7S. The minimum Gasteiger partial charge on any atom is -0.347 e. The second-order valence-corrected chi connectivity index (χ2v) is 20.2. The number of fused-ring (bicyclic) bond motifs is 1. The molecule has 0 radical (unpaired) electrons. The van der Waals surface area contributed by atoms with Gasteiger partial charge in [0.15, 0.2) is 9.84 Å². The van der Waals surface area contributed by atoms with Crippen LogP contribution in [0, 0.1) is 22.7 Å². The molecule has 12 nitrogen and oxygen atoms in total. The summed E-state index contributed by atoms with van der Waals surface area (Å²) in [4.78, 5) is 69.3. The highest BCUT2D eigenvalue weighted by atomic mass is 32.2. The minimum atomic E-state index is -3.56. The molecule has 4 fully saturated rings. The van der Waals surface area contributed by atoms with Crippen molar-refractivity contribution in [2.45, 2.75) is 155 Å². The fourth-order valence-corrected chi connectivity index (χ4v) is 9.13. The van der Waals surface area contributed by atoms with Gasteiger partial charge in [0.1, 0.15) is 12.1 Å². The van der Waals surface area contributed by atoms with Crippen LogP contribution >= 0.6 is 0 Å². The number of hydrogen-bond acceptors (Lipinski definition) is 7. The lowest BCUT2D eigenvalue weighted by molar-refractivity contribution is -0.145. The van der Waals surface area contributed by atoms with Crippen molar-refractivity contribution in [3.05, 3.63) is 0 Å². The zero-order chi connectivity index (χ0) is 36.0. The number of hydrogen-bond donors (Lipinski definition) is 4. The van der Waals surface area contributed by atoms with Crippen molar-refractivity contribution in [2.24, 2.45) is 22.7 Å². The topological polar surface area (TPSA) is 171 Å². The molecule has 48 heavy (non-hydrogen) atoms. The van der Waals surface area contributed by atoms with E-state index in [9.17, 15) is 32.4 Å². The molecule has 272 valence electrons. The van der Waals surface area contributed by atoms with E-state index in [4.69, 9.17) is 0 Å². The highest BCUT2D eigenvalue weighted by Gasteiger charge is 2.70. The number of piperidine rings is 1. The second kappa shape index (κ2) is 13.5. The highest BCUT2D eigenvalue weighted by molar-refractivity contribution is 7.92. The third-order valence-electron chi connectivity index (χ3n) is 11.1. The minimum absolute atomic E-state index is 0.00492. The van der Waals surface area contributed by atoms with Gasteiger partial charge in [-0.1, -0.05) is 67.2 Å². The van der Waals surface area contributed by atoms with Crippen LogP contribution in [0.15, 0.2) is 0 Å². The summed E-state index contributed by atoms with van der Waals surface area (Å²) in [6.07, 6.45) is 6.10. The number of sulfone groups is 1. The third-order valence-corrected chi connectivity index (χ3v) is 13.9. The molecule has 1 aliphatic heterocycles. The van der Waals surface area contributed by atoms with Gasteiger partial charge in [0.2, 0.25) is 17.6 Å². The van der Waals surface area contributed by atoms with E-state index < -0.39 is 73.2 Å². The van der Waals surface area contributed by atoms with Crippen molar-refractivity contribution >= 4 is 39.4 Å². The molecule has 5 amide bonds. The van der Waals surface area contributed by atoms with Gasteiger partial charge in [-0.25, -0.2) is 13.2 Å². The lowest BCUT2D eigenvalue weighted by Crippen LogP contribution is -2.64. The lowest BCUT2D eigenvalue weighted by Gasteiger charge is -2.41. The molecule has 1 saturated heterocycles. The first-order chi connectivity index (χ1) is 22.0. The molecule has 13 heteroatoms. The number of amides is 5. The number of rotatable bonds is 12. The summed E-state index contributed by atoms with van der Waals surface area (Å²) in [5, 5.41) is 11.4. The van der Waals surface area contributed by atoms with Gasteiger partial charge in [-0.15, -0.1) is 0 Å². The Morgan fingerprint density at radius 3 is 2.04 bits per heavy atom. The summed E-state index contributed by atoms with van der Waals surface area (Å²) in [5.41, 5.74) is -1.90. The number of carbonyl (C=O) groups is 5. The largest absolute Gasteiger partial charge is 0.347 e. The van der Waals surface area contributed by atoms with Gasteiger partial charge in [0, 0.05) is 12.6 Å². The Kier molecular flexibility index (Phi) is 10.8. The van der Waals surface area contributed by atoms with E-state index in [0.717, 1.165) is 32.1 Å². The number of urea groups is 1. The normalized spacial score (nSPS) is 26.0. The molecule has 0 bridgehead atoms. The number of Topliss-reactive ketones (excluding diaryl/α,β-unsaturated/α-hetero) is 1. The van der Waals surface area contributed by atoms with Crippen molar-refractivity contribution < 1.29 is 32.4 Å². The van der Waals surface area contributed by atoms with Crippen LogP contribution in [-0.4, -0.2) is 89.6 Å². The molecule has 4 rings (SSSR count). The van der Waals surface area contributed by atoms with Gasteiger partial charge in [-0.3, -0.25) is 19.2 Å². The Bertz CT molecular complexity index is 1390. The maximum Gasteiger partial charge on any atom is 0.315 e. The summed E-state index contributed by atoms with van der Waals surface area (Å²) in [6.45, 7) is 16.8. The first-order valence-corrected chi connectivity index (χ1v) is 19.5. The maximum absolute atomic E-state index is 14.4. The summed E-state index contributed by atoms with van der Waals surface area (Å²) in [7, 11) is -3.56. The predicted octanol–water partition coefficient (Wildman–Crippen LogP) is 3.23. The molecule has 4 aliphatic rings. The lowest BCUT2D eigenvalue weighted by atomic mass is 9.83. The van der Waals surface area contributed by atoms with E-state index in [0.29, 0.717) is 32.2 Å². The van der Waals surface area contributed by atoms with Crippen LogP contribution in [0.1, 0.15) is 120 Å². The Hall–Kier alpha value is -2.70. The van der Waals surface area contributed by atoms with E-state index >= 15 is 0 Å². The van der Waals surface area contributed by atoms with Crippen molar-refractivity contribution in [3.63, 3.8) is 0 Å². The van der Waals surface area contributed by atoms with E-state index in [1.807, 2.05) is 27.7 Å². The molecule has 5 atom stereocenters. The van der Waals surface area contributed by atoms with Crippen molar-refractivity contribution in [1.29, 1.82) is 0 Å². The van der Waals surface area contributed by atoms with Gasteiger partial charge >= 0.3 is 6.03 Å². The Morgan fingerprint density at radius 2 is 1.52 bits per heavy atom. The maximum atomic E-state index is 14.4. The number of nitrogens with zero attached hydrogens (tertiary/aromatic N) is 1. The number of ketones is 1. The fourth-order valence-electron chi connectivity index (χ4n) is 7.61. The summed E-state index contributed by atoms with van der Waals surface area (Å²) in [6, 6.07) is -3.50. The van der Waals surface area contributed by atoms with Crippen LogP contribution < -0.4 is 21.3 Å². The van der Waals surface area contributed by atoms with Crippen LogP contribution in [0.2, 0.25) is 0 Å². The van der Waals surface area contributed by atoms with Crippen LogP contribution in [0.25, 0.3) is 0 Å². The van der Waals surface area contributed by atoms with Crippen LogP contribution in [-0.2, 0) is 29.0 Å². The third kappa shape index (κ3) is 8.18. The van der Waals surface area contributed by atoms with Gasteiger partial charge < -0.3 is 26.2 Å². The number of carbonyl (C=O) groups excluding carboxylic acids is 5.